The zero-order valence-electron chi connectivity index (χ0n) is 67.1. The van der Waals surface area contributed by atoms with Gasteiger partial charge in [0.2, 0.25) is 0 Å². The first kappa shape index (κ1) is 72.5. The van der Waals surface area contributed by atoms with Crippen LogP contribution in [-0.4, -0.2) is 0 Å². The van der Waals surface area contributed by atoms with E-state index in [1.165, 1.54) is 115 Å². The molecule has 22 aromatic carbocycles. The van der Waals surface area contributed by atoms with Crippen LogP contribution in [0.3, 0.4) is 0 Å². The summed E-state index contributed by atoms with van der Waals surface area (Å²) in [6.45, 7) is 0. The van der Waals surface area contributed by atoms with Crippen LogP contribution in [0.15, 0.2) is 485 Å². The van der Waals surface area contributed by atoms with Crippen LogP contribution >= 0.6 is 0 Å². The largest absolute Gasteiger partial charge is 0.309 e. The molecular formula is C120H80N2. The summed E-state index contributed by atoms with van der Waals surface area (Å²) in [6.07, 6.45) is 0. The molecule has 0 aromatic heterocycles. The molecule has 0 saturated carbocycles. The van der Waals surface area contributed by atoms with Gasteiger partial charge in [0.15, 0.2) is 0 Å². The Balaban J connectivity index is 0.645. The highest BCUT2D eigenvalue weighted by Gasteiger charge is 2.28. The van der Waals surface area contributed by atoms with Crippen LogP contribution in [0.4, 0.5) is 34.1 Å². The van der Waals surface area contributed by atoms with Crippen molar-refractivity contribution in [3.8, 4) is 122 Å². The molecule has 0 bridgehead atoms. The molecule has 0 aliphatic rings. The summed E-state index contributed by atoms with van der Waals surface area (Å²) in [6, 6.07) is 179. The fraction of sp³-hybridized carbons (Fsp3) is 0. The van der Waals surface area contributed by atoms with Crippen LogP contribution in [0.25, 0.3) is 187 Å². The average molecular weight is 1550 g/mol. The van der Waals surface area contributed by atoms with E-state index in [9.17, 15) is 0 Å². The summed E-state index contributed by atoms with van der Waals surface area (Å²) in [5.74, 6) is 0. The van der Waals surface area contributed by atoms with Crippen molar-refractivity contribution in [3.63, 3.8) is 0 Å². The summed E-state index contributed by atoms with van der Waals surface area (Å²) in [7, 11) is 0. The van der Waals surface area contributed by atoms with Gasteiger partial charge in [0.1, 0.15) is 0 Å². The van der Waals surface area contributed by atoms with Crippen molar-refractivity contribution in [3.05, 3.63) is 485 Å². The Labute approximate surface area is 711 Å². The van der Waals surface area contributed by atoms with Crippen molar-refractivity contribution >= 4 is 98.8 Å². The topological polar surface area (TPSA) is 6.48 Å². The van der Waals surface area contributed by atoms with Gasteiger partial charge in [0.25, 0.3) is 0 Å². The van der Waals surface area contributed by atoms with Crippen LogP contribution in [-0.2, 0) is 0 Å². The van der Waals surface area contributed by atoms with Gasteiger partial charge >= 0.3 is 0 Å². The van der Waals surface area contributed by atoms with Gasteiger partial charge in [-0.1, -0.05) is 406 Å². The molecule has 570 valence electrons. The van der Waals surface area contributed by atoms with Crippen LogP contribution in [0, 0.1) is 0 Å². The summed E-state index contributed by atoms with van der Waals surface area (Å²) in [5.41, 5.74) is 32.1. The van der Waals surface area contributed by atoms with Crippen molar-refractivity contribution < 1.29 is 0 Å². The number of anilines is 6. The van der Waals surface area contributed by atoms with Crippen molar-refractivity contribution in [2.24, 2.45) is 0 Å². The van der Waals surface area contributed by atoms with Gasteiger partial charge in [-0.2, -0.15) is 0 Å². The Kier molecular flexibility index (Phi) is 18.7. The van der Waals surface area contributed by atoms with E-state index in [4.69, 9.17) is 0 Å². The van der Waals surface area contributed by atoms with Crippen molar-refractivity contribution in [2.75, 3.05) is 9.80 Å². The van der Waals surface area contributed by atoms with E-state index in [0.717, 1.165) is 106 Å². The highest BCUT2D eigenvalue weighted by Crippen LogP contribution is 2.54. The van der Waals surface area contributed by atoms with Crippen LogP contribution in [0.5, 0.6) is 0 Å². The summed E-state index contributed by atoms with van der Waals surface area (Å²) in [5, 5.41) is 14.3. The Morgan fingerprint density at radius 1 is 0.115 bits per heavy atom. The Morgan fingerprint density at radius 2 is 0.410 bits per heavy atom. The summed E-state index contributed by atoms with van der Waals surface area (Å²) >= 11 is 0. The molecule has 0 heterocycles. The van der Waals surface area contributed by atoms with E-state index in [1.54, 1.807) is 0 Å². The van der Waals surface area contributed by atoms with E-state index >= 15 is 0 Å². The van der Waals surface area contributed by atoms with E-state index in [-0.39, 0.29) is 0 Å². The van der Waals surface area contributed by atoms with Gasteiger partial charge in [0, 0.05) is 44.6 Å². The molecule has 0 spiro atoms. The highest BCUT2D eigenvalue weighted by molar-refractivity contribution is 6.24. The lowest BCUT2D eigenvalue weighted by molar-refractivity contribution is 1.30. The van der Waals surface area contributed by atoms with Crippen LogP contribution in [0.2, 0.25) is 0 Å². The van der Waals surface area contributed by atoms with Gasteiger partial charge in [-0.25, -0.2) is 0 Å². The standard InChI is InChI=1S/C120H80N2/c1-6-27-81(28-7-1)85-49-54-91(55-50-85)106-74-72-104(80-116(106)89-34-12-4-13-35-89)122(120-115-47-25-21-43-111(115)109-41-19-23-45-113(109)118(120)92-58-51-86(52-59-92)95-62-53-84-33-16-17-36-94(84)75-95)103-68-63-87(64-69-103)96-67-73-107-97(76-96)37-26-48-105(107)90-56-60-93(61-57-90)117-112-44-22-18-40-108(112)110-42-20-24-46-114(110)119(117)121(101-38-14-5-15-39-101)102-70-65-88(66-71-102)100-78-98(82-29-8-2-9-30-82)77-99(79-100)83-31-10-3-11-32-83/h1-80H. The second-order valence-corrected chi connectivity index (χ2v) is 31.8. The van der Waals surface area contributed by atoms with Gasteiger partial charge in [-0.05, 0) is 244 Å². The maximum absolute atomic E-state index is 2.54. The monoisotopic (exact) mass is 1550 g/mol. The zero-order valence-corrected chi connectivity index (χ0v) is 67.1. The van der Waals surface area contributed by atoms with Gasteiger partial charge in [-0.3, -0.25) is 0 Å². The number of hydrogen-bond donors (Lipinski definition) is 0. The molecule has 0 radical (unpaired) electrons. The lowest BCUT2D eigenvalue weighted by Gasteiger charge is -2.31. The third-order valence-corrected chi connectivity index (χ3v) is 24.6. The SMILES string of the molecule is c1ccc(-c2ccc(-c3ccc(N(c4ccc(-c5ccc6c(-c7ccc(-c8c(N(c9ccccc9)c9ccc(-c%10cc(-c%11ccccc%11)cc(-c%11ccccc%11)c%10)cc9)c9ccccc9c9ccccc89)cc7)cccc6c5)cc4)c4c(-c5ccc(-c6ccc7ccccc7c6)cc5)c5ccccc5c5ccccc45)cc3-c3ccccc3)cc2)cc1. The van der Waals surface area contributed by atoms with Crippen LogP contribution < -0.4 is 9.80 Å². The Bertz CT molecular complexity index is 7600. The molecule has 2 heteroatoms. The molecule has 2 nitrogen and oxygen atoms in total. The van der Waals surface area contributed by atoms with E-state index in [2.05, 4.69) is 495 Å². The minimum Gasteiger partial charge on any atom is -0.309 e. The van der Waals surface area contributed by atoms with E-state index < -0.39 is 0 Å². The molecule has 0 aliphatic carbocycles. The van der Waals surface area contributed by atoms with E-state index in [1.807, 2.05) is 0 Å². The maximum atomic E-state index is 2.54. The fourth-order valence-corrected chi connectivity index (χ4v) is 18.7. The molecule has 0 aliphatic heterocycles. The van der Waals surface area contributed by atoms with Crippen molar-refractivity contribution in [1.82, 2.24) is 0 Å². The second kappa shape index (κ2) is 31.5. The minimum atomic E-state index is 1.04. The smallest absolute Gasteiger partial charge is 0.0624 e. The minimum absolute atomic E-state index is 1.04. The first-order valence-electron chi connectivity index (χ1n) is 42.1. The molecule has 0 N–H and O–H groups in total. The Morgan fingerprint density at radius 3 is 0.902 bits per heavy atom. The number of para-hydroxylation sites is 1. The first-order valence-corrected chi connectivity index (χ1v) is 42.1. The number of nitrogens with zero attached hydrogens (tertiary/aromatic N) is 2. The third-order valence-electron chi connectivity index (χ3n) is 24.6. The van der Waals surface area contributed by atoms with Crippen molar-refractivity contribution in [2.45, 2.75) is 0 Å². The maximum Gasteiger partial charge on any atom is 0.0624 e. The number of hydrogen-bond acceptors (Lipinski definition) is 2. The van der Waals surface area contributed by atoms with Crippen LogP contribution in [0.1, 0.15) is 0 Å². The predicted octanol–water partition coefficient (Wildman–Crippen LogP) is 33.9. The Hall–Kier alpha value is -16.0. The van der Waals surface area contributed by atoms with Gasteiger partial charge < -0.3 is 9.80 Å². The normalized spacial score (nSPS) is 11.4. The number of fused-ring (bicyclic) bond motifs is 8. The highest BCUT2D eigenvalue weighted by atomic mass is 15.2. The zero-order chi connectivity index (χ0) is 80.8. The summed E-state index contributed by atoms with van der Waals surface area (Å²) < 4.78 is 0. The molecule has 122 heavy (non-hydrogen) atoms. The molecule has 0 unspecified atom stereocenters. The molecule has 22 rings (SSSR count). The van der Waals surface area contributed by atoms with Gasteiger partial charge in [-0.15, -0.1) is 0 Å². The lowest BCUT2D eigenvalue weighted by atomic mass is 9.88. The third kappa shape index (κ3) is 13.5. The average Bonchev–Trinajstić information content (AvgIpc) is 0.752. The quantitative estimate of drug-likeness (QED) is 0.0839. The number of rotatable bonds is 17. The lowest BCUT2D eigenvalue weighted by Crippen LogP contribution is -2.13. The van der Waals surface area contributed by atoms with Gasteiger partial charge in [0.05, 0.1) is 11.4 Å². The molecule has 0 fully saturated rings. The summed E-state index contributed by atoms with van der Waals surface area (Å²) in [4.78, 5) is 5.01. The van der Waals surface area contributed by atoms with Crippen molar-refractivity contribution in [1.29, 1.82) is 0 Å². The molecular weight excluding hydrogens is 1470 g/mol. The molecule has 0 amide bonds. The molecule has 22 aromatic rings. The fourth-order valence-electron chi connectivity index (χ4n) is 18.7. The predicted molar refractivity (Wildman–Crippen MR) is 521 cm³/mol. The molecule has 0 atom stereocenters. The molecule has 0 saturated heterocycles. The first-order chi connectivity index (χ1) is 60.5. The van der Waals surface area contributed by atoms with E-state index in [0.29, 0.717) is 0 Å². The second-order valence-electron chi connectivity index (χ2n) is 31.8. The number of benzene rings is 22.